The molecule has 0 bridgehead atoms. The number of benzene rings is 2. The Morgan fingerprint density at radius 2 is 1.96 bits per heavy atom. The highest BCUT2D eigenvalue weighted by Crippen LogP contribution is 2.19. The maximum atomic E-state index is 13.0. The van der Waals surface area contributed by atoms with Crippen LogP contribution in [-0.4, -0.2) is 40.5 Å². The van der Waals surface area contributed by atoms with Gasteiger partial charge in [0.15, 0.2) is 5.78 Å². The lowest BCUT2D eigenvalue weighted by Crippen LogP contribution is -2.33. The number of carbonyl (C=O) groups is 1. The molecule has 27 heavy (non-hydrogen) atoms. The molecule has 0 aliphatic carbocycles. The van der Waals surface area contributed by atoms with Crippen LogP contribution in [0.3, 0.4) is 0 Å². The number of nitrogens with one attached hydrogen (secondary N) is 1. The van der Waals surface area contributed by atoms with E-state index in [2.05, 4.69) is 15.5 Å². The lowest BCUT2D eigenvalue weighted by Gasteiger charge is -2.24. The molecule has 4 rings (SSSR count). The van der Waals surface area contributed by atoms with Gasteiger partial charge in [0.2, 0.25) is 0 Å². The Labute approximate surface area is 156 Å². The van der Waals surface area contributed by atoms with Gasteiger partial charge in [-0.05, 0) is 35.4 Å². The molecular formula is C20H19FN4O2. The van der Waals surface area contributed by atoms with Crippen molar-refractivity contribution < 1.29 is 13.9 Å². The fraction of sp³-hybridized carbons (Fsp3) is 0.250. The number of ketones is 1. The van der Waals surface area contributed by atoms with Gasteiger partial charge in [0.1, 0.15) is 11.5 Å². The molecule has 1 saturated heterocycles. The van der Waals surface area contributed by atoms with E-state index in [9.17, 15) is 9.18 Å². The third kappa shape index (κ3) is 4.10. The van der Waals surface area contributed by atoms with Crippen molar-refractivity contribution in [2.75, 3.05) is 19.7 Å². The molecule has 0 radical (unpaired) electrons. The Balaban J connectivity index is 1.42. The molecule has 0 unspecified atom stereocenters. The number of morpholine rings is 1. The van der Waals surface area contributed by atoms with E-state index in [4.69, 9.17) is 4.74 Å². The number of hydrogen-bond acceptors (Lipinski definition) is 5. The molecule has 0 saturated carbocycles. The molecule has 6 nitrogen and oxygen atoms in total. The van der Waals surface area contributed by atoms with Gasteiger partial charge in [-0.15, -0.1) is 5.10 Å². The highest BCUT2D eigenvalue weighted by molar-refractivity contribution is 5.95. The molecule has 1 aliphatic rings. The first-order valence-corrected chi connectivity index (χ1v) is 8.82. The van der Waals surface area contributed by atoms with Crippen molar-refractivity contribution in [3.63, 3.8) is 0 Å². The second-order valence-corrected chi connectivity index (χ2v) is 6.40. The van der Waals surface area contributed by atoms with Gasteiger partial charge in [0.05, 0.1) is 24.6 Å². The molecule has 1 fully saturated rings. The van der Waals surface area contributed by atoms with Crippen LogP contribution in [0.15, 0.2) is 54.7 Å². The van der Waals surface area contributed by atoms with Crippen LogP contribution in [0.1, 0.15) is 27.7 Å². The minimum absolute atomic E-state index is 0.0547. The monoisotopic (exact) mass is 366 g/mol. The van der Waals surface area contributed by atoms with E-state index in [1.54, 1.807) is 12.1 Å². The van der Waals surface area contributed by atoms with Crippen molar-refractivity contribution in [2.45, 2.75) is 12.5 Å². The molecule has 1 aliphatic heterocycles. The van der Waals surface area contributed by atoms with Crippen LogP contribution >= 0.6 is 0 Å². The zero-order valence-electron chi connectivity index (χ0n) is 14.6. The maximum Gasteiger partial charge on any atom is 0.189 e. The van der Waals surface area contributed by atoms with E-state index in [-0.39, 0.29) is 29.8 Å². The quantitative estimate of drug-likeness (QED) is 0.703. The van der Waals surface area contributed by atoms with Gasteiger partial charge in [0.25, 0.3) is 0 Å². The average molecular weight is 366 g/mol. The highest BCUT2D eigenvalue weighted by Gasteiger charge is 2.16. The second-order valence-electron chi connectivity index (χ2n) is 6.40. The summed E-state index contributed by atoms with van der Waals surface area (Å²) in [4.78, 5) is 13.8. The van der Waals surface area contributed by atoms with Crippen LogP contribution in [0.4, 0.5) is 4.39 Å². The number of rotatable bonds is 5. The van der Waals surface area contributed by atoms with Crippen LogP contribution in [0.5, 0.6) is 0 Å². The first-order valence-electron chi connectivity index (χ1n) is 8.82. The topological polar surface area (TPSA) is 69.0 Å². The molecular weight excluding hydrogens is 347 g/mol. The summed E-state index contributed by atoms with van der Waals surface area (Å²) in [6.45, 7) is 2.38. The van der Waals surface area contributed by atoms with E-state index in [1.807, 2.05) is 24.3 Å². The van der Waals surface area contributed by atoms with Crippen LogP contribution in [-0.2, 0) is 11.2 Å². The first-order chi connectivity index (χ1) is 13.2. The molecule has 0 spiro atoms. The normalized spacial score (nSPS) is 17.0. The third-order valence-corrected chi connectivity index (χ3v) is 4.48. The number of hydrogen-bond donors (Lipinski definition) is 1. The van der Waals surface area contributed by atoms with Crippen molar-refractivity contribution in [3.05, 3.63) is 77.4 Å². The minimum Gasteiger partial charge on any atom is -0.371 e. The summed E-state index contributed by atoms with van der Waals surface area (Å²) in [5.41, 5.74) is 2.88. The number of halogens is 1. The van der Waals surface area contributed by atoms with Crippen molar-refractivity contribution in [1.29, 1.82) is 0 Å². The number of ether oxygens (including phenoxy) is 1. The Bertz CT molecular complexity index is 916. The predicted molar refractivity (Wildman–Crippen MR) is 97.4 cm³/mol. The smallest absolute Gasteiger partial charge is 0.189 e. The van der Waals surface area contributed by atoms with Gasteiger partial charge in [-0.1, -0.05) is 24.3 Å². The first kappa shape index (κ1) is 17.5. The van der Waals surface area contributed by atoms with Crippen LogP contribution in [0.2, 0.25) is 0 Å². The summed E-state index contributed by atoms with van der Waals surface area (Å²) in [6.07, 6.45) is 1.73. The summed E-state index contributed by atoms with van der Waals surface area (Å²) in [6, 6.07) is 13.6. The molecule has 1 aromatic heterocycles. The summed E-state index contributed by atoms with van der Waals surface area (Å²) >= 11 is 0. The van der Waals surface area contributed by atoms with E-state index < -0.39 is 0 Å². The standard InChI is InChI=1S/C20H19FN4O2/c21-16-5-7-17(8-6-16)25-23-12-18(24-25)19(26)11-14-1-3-15(4-2-14)20-13-22-9-10-27-20/h1-8,12,20,22H,9-11,13H2/t20-/m1/s1. The zero-order valence-corrected chi connectivity index (χ0v) is 14.6. The Hall–Kier alpha value is -2.90. The fourth-order valence-electron chi connectivity index (χ4n) is 3.00. The van der Waals surface area contributed by atoms with Gasteiger partial charge in [-0.2, -0.15) is 9.90 Å². The summed E-state index contributed by atoms with van der Waals surface area (Å²) in [5, 5.41) is 11.6. The fourth-order valence-corrected chi connectivity index (χ4v) is 3.00. The Kier molecular flexibility index (Phi) is 5.04. The van der Waals surface area contributed by atoms with Crippen LogP contribution < -0.4 is 5.32 Å². The predicted octanol–water partition coefficient (Wildman–Crippen LogP) is 2.49. The van der Waals surface area contributed by atoms with Gasteiger partial charge in [-0.25, -0.2) is 4.39 Å². The summed E-state index contributed by atoms with van der Waals surface area (Å²) in [7, 11) is 0. The molecule has 1 atom stereocenters. The largest absolute Gasteiger partial charge is 0.371 e. The van der Waals surface area contributed by atoms with Gasteiger partial charge < -0.3 is 10.1 Å². The van der Waals surface area contributed by atoms with Gasteiger partial charge in [-0.3, -0.25) is 4.79 Å². The van der Waals surface area contributed by atoms with Crippen LogP contribution in [0, 0.1) is 5.82 Å². The average Bonchev–Trinajstić information content (AvgIpc) is 3.20. The van der Waals surface area contributed by atoms with Gasteiger partial charge in [0, 0.05) is 19.5 Å². The Morgan fingerprint density at radius 1 is 1.19 bits per heavy atom. The zero-order chi connectivity index (χ0) is 18.6. The number of carbonyl (C=O) groups excluding carboxylic acids is 1. The lowest BCUT2D eigenvalue weighted by molar-refractivity contribution is 0.0277. The van der Waals surface area contributed by atoms with Crippen molar-refractivity contribution in [2.24, 2.45) is 0 Å². The summed E-state index contributed by atoms with van der Waals surface area (Å²) in [5.74, 6) is -0.452. The molecule has 3 aromatic rings. The van der Waals surface area contributed by atoms with Crippen molar-refractivity contribution in [1.82, 2.24) is 20.3 Å². The van der Waals surface area contributed by atoms with Crippen molar-refractivity contribution >= 4 is 5.78 Å². The van der Waals surface area contributed by atoms with E-state index in [0.29, 0.717) is 12.3 Å². The van der Waals surface area contributed by atoms with Crippen molar-refractivity contribution in [3.8, 4) is 5.69 Å². The molecule has 1 N–H and O–H groups in total. The second kappa shape index (κ2) is 7.77. The molecule has 2 aromatic carbocycles. The van der Waals surface area contributed by atoms with Crippen LogP contribution in [0.25, 0.3) is 5.69 Å². The van der Waals surface area contributed by atoms with E-state index in [0.717, 1.165) is 24.2 Å². The molecule has 0 amide bonds. The SMILES string of the molecule is O=C(Cc1ccc([C@H]2CNCCO2)cc1)c1cnn(-c2ccc(F)cc2)n1. The number of Topliss-reactive ketones (excluding diaryl/α,β-unsaturated/α-hetero) is 1. The third-order valence-electron chi connectivity index (χ3n) is 4.48. The Morgan fingerprint density at radius 3 is 2.67 bits per heavy atom. The van der Waals surface area contributed by atoms with Gasteiger partial charge >= 0.3 is 0 Å². The minimum atomic E-state index is -0.333. The molecule has 7 heteroatoms. The summed E-state index contributed by atoms with van der Waals surface area (Å²) < 4.78 is 18.7. The highest BCUT2D eigenvalue weighted by atomic mass is 19.1. The van der Waals surface area contributed by atoms with E-state index >= 15 is 0 Å². The molecule has 138 valence electrons. The maximum absolute atomic E-state index is 13.0. The molecule has 2 heterocycles. The number of nitrogens with zero attached hydrogens (tertiary/aromatic N) is 3. The number of aromatic nitrogens is 3. The van der Waals surface area contributed by atoms with E-state index in [1.165, 1.54) is 23.1 Å². The lowest BCUT2D eigenvalue weighted by atomic mass is 10.0.